The van der Waals surface area contributed by atoms with E-state index in [1.54, 1.807) is 29.8 Å². The monoisotopic (exact) mass is 393 g/mol. The van der Waals surface area contributed by atoms with Gasteiger partial charge in [-0.1, -0.05) is 0 Å². The van der Waals surface area contributed by atoms with Crippen molar-refractivity contribution in [1.29, 1.82) is 5.26 Å². The maximum atomic E-state index is 12.9. The van der Waals surface area contributed by atoms with Gasteiger partial charge < -0.3 is 14.6 Å². The fourth-order valence-electron chi connectivity index (χ4n) is 3.70. The minimum atomic E-state index is -0.500. The van der Waals surface area contributed by atoms with Gasteiger partial charge in [-0.05, 0) is 49.4 Å². The third-order valence-electron chi connectivity index (χ3n) is 5.15. The highest BCUT2D eigenvalue weighted by atomic mass is 32.1. The first kappa shape index (κ1) is 18.3. The van der Waals surface area contributed by atoms with Gasteiger partial charge in [0, 0.05) is 18.1 Å². The molecule has 0 saturated carbocycles. The molecule has 6 nitrogen and oxygen atoms in total. The van der Waals surface area contributed by atoms with Crippen molar-refractivity contribution in [3.63, 3.8) is 0 Å². The molecule has 0 atom stereocenters. The summed E-state index contributed by atoms with van der Waals surface area (Å²) in [5.41, 5.74) is 1.98. The molecule has 0 unspecified atom stereocenters. The SMILES string of the molecule is COc1ccc2c(c1)c(=O)c(C(=O)Nc1sc3c(c1C#N)CCCC3)cn2C. The zero-order chi connectivity index (χ0) is 19.8. The fraction of sp³-hybridized carbons (Fsp3) is 0.286. The summed E-state index contributed by atoms with van der Waals surface area (Å²) in [4.78, 5) is 27.0. The van der Waals surface area contributed by atoms with Crippen LogP contribution in [0, 0.1) is 11.3 Å². The zero-order valence-electron chi connectivity index (χ0n) is 15.7. The number of nitrogens with one attached hydrogen (secondary N) is 1. The first-order valence-corrected chi connectivity index (χ1v) is 9.88. The number of rotatable bonds is 3. The molecule has 7 heteroatoms. The highest BCUT2D eigenvalue weighted by molar-refractivity contribution is 7.16. The number of nitriles is 1. The van der Waals surface area contributed by atoms with Gasteiger partial charge in [0.15, 0.2) is 0 Å². The Hall–Kier alpha value is -3.11. The van der Waals surface area contributed by atoms with Gasteiger partial charge in [-0.15, -0.1) is 11.3 Å². The van der Waals surface area contributed by atoms with Crippen LogP contribution in [-0.4, -0.2) is 17.6 Å². The van der Waals surface area contributed by atoms with Gasteiger partial charge >= 0.3 is 0 Å². The number of carbonyl (C=O) groups excluding carboxylic acids is 1. The number of amides is 1. The van der Waals surface area contributed by atoms with E-state index in [-0.39, 0.29) is 11.0 Å². The fourth-order valence-corrected chi connectivity index (χ4v) is 4.94. The number of aryl methyl sites for hydroxylation is 2. The first-order chi connectivity index (χ1) is 13.5. The van der Waals surface area contributed by atoms with Crippen molar-refractivity contribution in [2.75, 3.05) is 12.4 Å². The molecule has 3 aromatic rings. The Morgan fingerprint density at radius 1 is 1.32 bits per heavy atom. The van der Waals surface area contributed by atoms with Crippen molar-refractivity contribution in [2.45, 2.75) is 25.7 Å². The predicted molar refractivity (Wildman–Crippen MR) is 109 cm³/mol. The molecule has 1 aromatic carbocycles. The summed E-state index contributed by atoms with van der Waals surface area (Å²) in [6.07, 6.45) is 5.48. The number of ether oxygens (including phenoxy) is 1. The Balaban J connectivity index is 1.76. The smallest absolute Gasteiger partial charge is 0.261 e. The number of fused-ring (bicyclic) bond motifs is 2. The van der Waals surface area contributed by atoms with Crippen LogP contribution < -0.4 is 15.5 Å². The quantitative estimate of drug-likeness (QED) is 0.737. The maximum Gasteiger partial charge on any atom is 0.261 e. The number of aromatic nitrogens is 1. The summed E-state index contributed by atoms with van der Waals surface area (Å²) in [7, 11) is 3.32. The molecule has 0 saturated heterocycles. The Labute approximate surface area is 166 Å². The van der Waals surface area contributed by atoms with Gasteiger partial charge in [-0.3, -0.25) is 9.59 Å². The van der Waals surface area contributed by atoms with Crippen LogP contribution in [0.15, 0.2) is 29.2 Å². The van der Waals surface area contributed by atoms with Crippen LogP contribution in [0.2, 0.25) is 0 Å². The Kier molecular flexibility index (Phi) is 4.65. The molecule has 0 radical (unpaired) electrons. The van der Waals surface area contributed by atoms with E-state index in [0.29, 0.717) is 27.2 Å². The molecule has 1 amide bonds. The lowest BCUT2D eigenvalue weighted by atomic mass is 9.96. The van der Waals surface area contributed by atoms with Crippen molar-refractivity contribution in [3.05, 3.63) is 56.2 Å². The standard InChI is InChI=1S/C21H19N3O3S/c1-24-11-16(19(25)14-9-12(27-2)7-8-17(14)24)20(26)23-21-15(10-22)13-5-3-4-6-18(13)28-21/h7-9,11H,3-6H2,1-2H3,(H,23,26). The minimum absolute atomic E-state index is 0.0403. The van der Waals surface area contributed by atoms with Crippen molar-refractivity contribution in [3.8, 4) is 11.8 Å². The average molecular weight is 393 g/mol. The van der Waals surface area contributed by atoms with Gasteiger partial charge in [-0.2, -0.15) is 5.26 Å². The molecule has 2 aromatic heterocycles. The molecule has 28 heavy (non-hydrogen) atoms. The first-order valence-electron chi connectivity index (χ1n) is 9.07. The van der Waals surface area contributed by atoms with E-state index < -0.39 is 5.91 Å². The number of anilines is 1. The highest BCUT2D eigenvalue weighted by Crippen LogP contribution is 2.37. The van der Waals surface area contributed by atoms with Crippen LogP contribution in [0.3, 0.4) is 0 Å². The molecule has 142 valence electrons. The van der Waals surface area contributed by atoms with Crippen LogP contribution in [-0.2, 0) is 19.9 Å². The number of hydrogen-bond acceptors (Lipinski definition) is 5. The van der Waals surface area contributed by atoms with Crippen LogP contribution in [0.25, 0.3) is 10.9 Å². The lowest BCUT2D eigenvalue weighted by Gasteiger charge is -2.10. The third kappa shape index (κ3) is 2.96. The molecule has 0 fully saturated rings. The second-order valence-corrected chi connectivity index (χ2v) is 7.95. The second kappa shape index (κ2) is 7.13. The van der Waals surface area contributed by atoms with Crippen LogP contribution >= 0.6 is 11.3 Å². The van der Waals surface area contributed by atoms with Crippen molar-refractivity contribution in [1.82, 2.24) is 4.57 Å². The summed E-state index contributed by atoms with van der Waals surface area (Å²) in [6, 6.07) is 7.43. The molecule has 0 aliphatic heterocycles. The van der Waals surface area contributed by atoms with E-state index in [1.807, 2.05) is 0 Å². The molecular weight excluding hydrogens is 374 g/mol. The number of methoxy groups -OCH3 is 1. The predicted octanol–water partition coefficient (Wildman–Crippen LogP) is 3.61. The van der Waals surface area contributed by atoms with Crippen molar-refractivity contribution in [2.24, 2.45) is 7.05 Å². The summed E-state index contributed by atoms with van der Waals surface area (Å²) in [5.74, 6) is 0.0558. The van der Waals surface area contributed by atoms with Gasteiger partial charge in [0.1, 0.15) is 22.4 Å². The van der Waals surface area contributed by atoms with Crippen molar-refractivity contribution < 1.29 is 9.53 Å². The number of pyridine rings is 1. The number of carbonyl (C=O) groups is 1. The lowest BCUT2D eigenvalue weighted by molar-refractivity contribution is 0.102. The molecule has 1 aliphatic rings. The van der Waals surface area contributed by atoms with E-state index >= 15 is 0 Å². The summed E-state index contributed by atoms with van der Waals surface area (Å²) < 4.78 is 6.95. The Morgan fingerprint density at radius 3 is 2.86 bits per heavy atom. The van der Waals surface area contributed by atoms with Crippen LogP contribution in [0.1, 0.15) is 39.2 Å². The van der Waals surface area contributed by atoms with Gasteiger partial charge in [0.2, 0.25) is 5.43 Å². The van der Waals surface area contributed by atoms with Crippen LogP contribution in [0.4, 0.5) is 5.00 Å². The molecular formula is C21H19N3O3S. The minimum Gasteiger partial charge on any atom is -0.497 e. The van der Waals surface area contributed by atoms with Gasteiger partial charge in [0.25, 0.3) is 5.91 Å². The van der Waals surface area contributed by atoms with Gasteiger partial charge in [-0.25, -0.2) is 0 Å². The van der Waals surface area contributed by atoms with E-state index in [9.17, 15) is 14.9 Å². The second-order valence-electron chi connectivity index (χ2n) is 6.85. The normalized spacial score (nSPS) is 13.0. The highest BCUT2D eigenvalue weighted by Gasteiger charge is 2.23. The molecule has 1 N–H and O–H groups in total. The molecule has 4 rings (SSSR count). The van der Waals surface area contributed by atoms with Crippen LogP contribution in [0.5, 0.6) is 5.75 Å². The average Bonchev–Trinajstić information content (AvgIpc) is 3.06. The molecule has 2 heterocycles. The summed E-state index contributed by atoms with van der Waals surface area (Å²) >= 11 is 1.45. The number of benzene rings is 1. The summed E-state index contributed by atoms with van der Waals surface area (Å²) in [5, 5.41) is 13.3. The van der Waals surface area contributed by atoms with E-state index in [2.05, 4.69) is 11.4 Å². The Bertz CT molecular complexity index is 1200. The summed E-state index contributed by atoms with van der Waals surface area (Å²) in [6.45, 7) is 0. The topological polar surface area (TPSA) is 84.1 Å². The largest absolute Gasteiger partial charge is 0.497 e. The number of thiophene rings is 1. The molecule has 0 spiro atoms. The van der Waals surface area contributed by atoms with Gasteiger partial charge in [0.05, 0.1) is 23.6 Å². The van der Waals surface area contributed by atoms with E-state index in [0.717, 1.165) is 36.1 Å². The van der Waals surface area contributed by atoms with E-state index in [4.69, 9.17) is 4.74 Å². The zero-order valence-corrected chi connectivity index (χ0v) is 16.5. The maximum absolute atomic E-state index is 12.9. The Morgan fingerprint density at radius 2 is 2.11 bits per heavy atom. The number of nitrogens with zero attached hydrogens (tertiary/aromatic N) is 2. The number of hydrogen-bond donors (Lipinski definition) is 1. The third-order valence-corrected chi connectivity index (χ3v) is 6.36. The molecule has 0 bridgehead atoms. The van der Waals surface area contributed by atoms with Crippen molar-refractivity contribution >= 4 is 33.1 Å². The molecule has 1 aliphatic carbocycles. The van der Waals surface area contributed by atoms with E-state index in [1.165, 1.54) is 24.6 Å². The lowest BCUT2D eigenvalue weighted by Crippen LogP contribution is -2.23.